The van der Waals surface area contributed by atoms with Gasteiger partial charge in [0.2, 0.25) is 11.6 Å². The fraction of sp³-hybridized carbons (Fsp3) is 0.375. The van der Waals surface area contributed by atoms with Gasteiger partial charge in [0, 0.05) is 30.8 Å². The summed E-state index contributed by atoms with van der Waals surface area (Å²) in [5.74, 6) is -1.19. The third-order valence-corrected chi connectivity index (χ3v) is 5.97. The van der Waals surface area contributed by atoms with Crippen LogP contribution in [0.3, 0.4) is 0 Å². The highest BCUT2D eigenvalue weighted by atomic mass is 19.4. The molecule has 0 radical (unpaired) electrons. The fourth-order valence-corrected chi connectivity index (χ4v) is 3.94. The minimum absolute atomic E-state index is 0.00257. The summed E-state index contributed by atoms with van der Waals surface area (Å²) in [7, 11) is 1.50. The molecule has 1 atom stereocenters. The predicted molar refractivity (Wildman–Crippen MR) is 113 cm³/mol. The van der Waals surface area contributed by atoms with Crippen LogP contribution in [-0.4, -0.2) is 22.0 Å². The maximum atomic E-state index is 13.5. The molecule has 1 saturated carbocycles. The van der Waals surface area contributed by atoms with Crippen molar-refractivity contribution < 1.29 is 31.9 Å². The number of nitrogens with zero attached hydrogens (tertiary/aromatic N) is 1. The van der Waals surface area contributed by atoms with Crippen molar-refractivity contribution in [2.45, 2.75) is 39.3 Å². The van der Waals surface area contributed by atoms with Gasteiger partial charge in [-0.2, -0.15) is 13.2 Å². The number of hydrogen-bond acceptors (Lipinski definition) is 3. The van der Waals surface area contributed by atoms with E-state index in [-0.39, 0.29) is 40.8 Å². The van der Waals surface area contributed by atoms with Gasteiger partial charge in [-0.1, -0.05) is 0 Å². The normalized spacial score (nSPS) is 14.5. The van der Waals surface area contributed by atoms with Crippen LogP contribution in [0.5, 0.6) is 0 Å². The first-order valence-corrected chi connectivity index (χ1v) is 10.2. The Bertz CT molecular complexity index is 1180. The SMILES string of the molecule is C#C[C@@H](CC(=O)C(=O)c1c(C)c(C(=O)Nc2ccc(F)c(C(F)(F)F)c2)n(C)c1C)C1CC1. The van der Waals surface area contributed by atoms with Gasteiger partial charge in [0.1, 0.15) is 11.5 Å². The smallest absolute Gasteiger partial charge is 0.343 e. The molecule has 5 nitrogen and oxygen atoms in total. The lowest BCUT2D eigenvalue weighted by molar-refractivity contribution is -0.139. The number of amides is 1. The lowest BCUT2D eigenvalue weighted by Crippen LogP contribution is -2.20. The summed E-state index contributed by atoms with van der Waals surface area (Å²) in [5.41, 5.74) is -1.15. The molecule has 0 saturated heterocycles. The summed E-state index contributed by atoms with van der Waals surface area (Å²) < 4.78 is 53.8. The molecule has 0 aliphatic heterocycles. The van der Waals surface area contributed by atoms with E-state index in [1.165, 1.54) is 18.5 Å². The second-order valence-corrected chi connectivity index (χ2v) is 8.21. The highest BCUT2D eigenvalue weighted by Crippen LogP contribution is 2.38. The zero-order valence-corrected chi connectivity index (χ0v) is 18.3. The third-order valence-electron chi connectivity index (χ3n) is 5.97. The Morgan fingerprint density at radius 2 is 1.88 bits per heavy atom. The zero-order valence-electron chi connectivity index (χ0n) is 18.3. The summed E-state index contributed by atoms with van der Waals surface area (Å²) in [5, 5.41) is 2.30. The van der Waals surface area contributed by atoms with Crippen LogP contribution in [0.15, 0.2) is 18.2 Å². The molecule has 2 aromatic rings. The van der Waals surface area contributed by atoms with Crippen LogP contribution >= 0.6 is 0 Å². The number of carbonyl (C=O) groups is 3. The number of hydrogen-bond donors (Lipinski definition) is 1. The number of ketones is 2. The van der Waals surface area contributed by atoms with E-state index < -0.39 is 35.0 Å². The topological polar surface area (TPSA) is 68.2 Å². The molecule has 1 aliphatic rings. The van der Waals surface area contributed by atoms with Crippen molar-refractivity contribution in [3.8, 4) is 12.3 Å². The molecule has 1 aromatic carbocycles. The van der Waals surface area contributed by atoms with Crippen LogP contribution in [0.1, 0.15) is 56.9 Å². The van der Waals surface area contributed by atoms with Crippen LogP contribution in [-0.2, 0) is 18.0 Å². The van der Waals surface area contributed by atoms with Gasteiger partial charge >= 0.3 is 6.18 Å². The van der Waals surface area contributed by atoms with Gasteiger partial charge in [0.25, 0.3) is 5.91 Å². The largest absolute Gasteiger partial charge is 0.419 e. The second-order valence-electron chi connectivity index (χ2n) is 8.21. The number of terminal acetylenes is 1. The van der Waals surface area contributed by atoms with Crippen molar-refractivity contribution in [1.29, 1.82) is 0 Å². The Morgan fingerprint density at radius 1 is 1.24 bits per heavy atom. The fourth-order valence-electron chi connectivity index (χ4n) is 3.94. The summed E-state index contributed by atoms with van der Waals surface area (Å²) >= 11 is 0. The average Bonchev–Trinajstić information content (AvgIpc) is 3.54. The molecule has 33 heavy (non-hydrogen) atoms. The molecule has 9 heteroatoms. The summed E-state index contributed by atoms with van der Waals surface area (Å²) in [4.78, 5) is 38.3. The van der Waals surface area contributed by atoms with E-state index in [1.54, 1.807) is 6.92 Å². The number of halogens is 4. The molecule has 174 valence electrons. The lowest BCUT2D eigenvalue weighted by atomic mass is 9.93. The first kappa shape index (κ1) is 24.2. The van der Waals surface area contributed by atoms with Crippen LogP contribution < -0.4 is 5.32 Å². The van der Waals surface area contributed by atoms with Crippen molar-refractivity contribution in [2.24, 2.45) is 18.9 Å². The van der Waals surface area contributed by atoms with Crippen molar-refractivity contribution in [2.75, 3.05) is 5.32 Å². The van der Waals surface area contributed by atoms with E-state index in [4.69, 9.17) is 6.42 Å². The zero-order chi connectivity index (χ0) is 24.7. The monoisotopic (exact) mass is 462 g/mol. The van der Waals surface area contributed by atoms with Gasteiger partial charge in [-0.3, -0.25) is 14.4 Å². The Balaban J connectivity index is 1.87. The van der Waals surface area contributed by atoms with Crippen LogP contribution in [0.25, 0.3) is 0 Å². The number of Topliss-reactive ketones (excluding diaryl/α,β-unsaturated/α-hetero) is 2. The number of benzene rings is 1. The van der Waals surface area contributed by atoms with Crippen LogP contribution in [0, 0.1) is 43.8 Å². The molecule has 1 N–H and O–H groups in total. The molecule has 0 unspecified atom stereocenters. The average molecular weight is 462 g/mol. The maximum absolute atomic E-state index is 13.5. The summed E-state index contributed by atoms with van der Waals surface area (Å²) in [6.07, 6.45) is 2.31. The van der Waals surface area contributed by atoms with Crippen LogP contribution in [0.2, 0.25) is 0 Å². The molecule has 3 rings (SSSR count). The van der Waals surface area contributed by atoms with Crippen molar-refractivity contribution in [3.05, 3.63) is 52.1 Å². The third kappa shape index (κ3) is 4.85. The van der Waals surface area contributed by atoms with E-state index in [2.05, 4.69) is 11.2 Å². The van der Waals surface area contributed by atoms with E-state index in [0.29, 0.717) is 17.8 Å². The van der Waals surface area contributed by atoms with Gasteiger partial charge < -0.3 is 9.88 Å². The molecular weight excluding hydrogens is 440 g/mol. The number of nitrogens with one attached hydrogen (secondary N) is 1. The van der Waals surface area contributed by atoms with E-state index in [1.807, 2.05) is 0 Å². The first-order chi connectivity index (χ1) is 15.4. The number of anilines is 1. The van der Waals surface area contributed by atoms with Gasteiger partial charge in [-0.05, 0) is 56.4 Å². The van der Waals surface area contributed by atoms with Crippen molar-refractivity contribution in [1.82, 2.24) is 4.57 Å². The Morgan fingerprint density at radius 3 is 2.42 bits per heavy atom. The van der Waals surface area contributed by atoms with E-state index in [0.717, 1.165) is 18.9 Å². The van der Waals surface area contributed by atoms with Crippen molar-refractivity contribution in [3.63, 3.8) is 0 Å². The first-order valence-electron chi connectivity index (χ1n) is 10.2. The van der Waals surface area contributed by atoms with Gasteiger partial charge in [-0.15, -0.1) is 12.3 Å². The minimum atomic E-state index is -4.93. The summed E-state index contributed by atoms with van der Waals surface area (Å²) in [6.45, 7) is 3.04. The molecular formula is C24H22F4N2O3. The maximum Gasteiger partial charge on any atom is 0.419 e. The standard InChI is InChI=1S/C24H22F4N2O3/c1-5-14(15-6-7-15)10-19(31)22(32)20-12(2)21(30(4)13(20)3)23(33)29-16-8-9-18(25)17(11-16)24(26,27)28/h1,8-9,11,14-15H,6-7,10H2,2-4H3,(H,29,33)/t14-/m0/s1. The molecule has 0 bridgehead atoms. The quantitative estimate of drug-likeness (QED) is 0.277. The minimum Gasteiger partial charge on any atom is -0.343 e. The molecule has 0 spiro atoms. The molecule has 1 amide bonds. The highest BCUT2D eigenvalue weighted by molar-refractivity contribution is 6.44. The Hall–Kier alpha value is -3.41. The predicted octanol–water partition coefficient (Wildman–Crippen LogP) is 4.85. The number of aromatic nitrogens is 1. The van der Waals surface area contributed by atoms with E-state index in [9.17, 15) is 31.9 Å². The lowest BCUT2D eigenvalue weighted by Gasteiger charge is -2.12. The molecule has 1 aromatic heterocycles. The number of rotatable bonds is 7. The van der Waals surface area contributed by atoms with E-state index >= 15 is 0 Å². The van der Waals surface area contributed by atoms with Crippen molar-refractivity contribution >= 4 is 23.2 Å². The number of carbonyl (C=O) groups excluding carboxylic acids is 3. The summed E-state index contributed by atoms with van der Waals surface area (Å²) in [6, 6.07) is 2.10. The van der Waals surface area contributed by atoms with Crippen LogP contribution in [0.4, 0.5) is 23.2 Å². The highest BCUT2D eigenvalue weighted by Gasteiger charge is 2.36. The van der Waals surface area contributed by atoms with Gasteiger partial charge in [-0.25, -0.2) is 4.39 Å². The molecule has 1 aliphatic carbocycles. The molecule has 1 heterocycles. The second kappa shape index (κ2) is 8.85. The van der Waals surface area contributed by atoms with Gasteiger partial charge in [0.15, 0.2) is 0 Å². The Kier molecular flexibility index (Phi) is 6.50. The number of alkyl halides is 3. The van der Waals surface area contributed by atoms with Gasteiger partial charge in [0.05, 0.1) is 11.1 Å². The Labute approximate surface area is 188 Å². The molecule has 1 fully saturated rings.